The molecule has 2 heteroatoms. The molecule has 1 aromatic rings. The van der Waals surface area contributed by atoms with Gasteiger partial charge in [-0.15, -0.1) is 0 Å². The molecule has 1 aromatic carbocycles. The van der Waals surface area contributed by atoms with E-state index in [0.29, 0.717) is 11.5 Å². The first-order chi connectivity index (χ1) is 9.18. The van der Waals surface area contributed by atoms with Crippen LogP contribution in [0.4, 0.5) is 5.69 Å². The van der Waals surface area contributed by atoms with Crippen LogP contribution in [0.2, 0.25) is 0 Å². The number of nitrogens with zero attached hydrogens (tertiary/aromatic N) is 1. The van der Waals surface area contributed by atoms with Crippen LogP contribution in [0.25, 0.3) is 0 Å². The van der Waals surface area contributed by atoms with E-state index < -0.39 is 0 Å². The van der Waals surface area contributed by atoms with E-state index in [9.17, 15) is 0 Å². The molecule has 0 aliphatic carbocycles. The summed E-state index contributed by atoms with van der Waals surface area (Å²) in [7, 11) is 0. The molecule has 3 rings (SSSR count). The van der Waals surface area contributed by atoms with Crippen molar-refractivity contribution in [1.82, 2.24) is 5.32 Å². The molecule has 0 aromatic heterocycles. The van der Waals surface area contributed by atoms with Crippen molar-refractivity contribution in [3.63, 3.8) is 0 Å². The first-order valence-corrected chi connectivity index (χ1v) is 7.73. The van der Waals surface area contributed by atoms with Crippen molar-refractivity contribution in [2.45, 2.75) is 45.6 Å². The van der Waals surface area contributed by atoms with Crippen LogP contribution in [0.3, 0.4) is 0 Å². The van der Waals surface area contributed by atoms with E-state index >= 15 is 0 Å². The Morgan fingerprint density at radius 3 is 3.00 bits per heavy atom. The van der Waals surface area contributed by atoms with Gasteiger partial charge in [0, 0.05) is 24.8 Å². The first kappa shape index (κ1) is 13.0. The highest BCUT2D eigenvalue weighted by Gasteiger charge is 2.32. The fourth-order valence-electron chi connectivity index (χ4n) is 3.67. The van der Waals surface area contributed by atoms with Crippen molar-refractivity contribution < 1.29 is 0 Å². The highest BCUT2D eigenvalue weighted by Crippen LogP contribution is 2.35. The van der Waals surface area contributed by atoms with E-state index in [0.717, 1.165) is 0 Å². The van der Waals surface area contributed by atoms with Crippen LogP contribution in [0.5, 0.6) is 0 Å². The molecule has 2 nitrogen and oxygen atoms in total. The molecule has 1 fully saturated rings. The third-order valence-corrected chi connectivity index (χ3v) is 4.90. The van der Waals surface area contributed by atoms with Gasteiger partial charge in [-0.05, 0) is 56.2 Å². The van der Waals surface area contributed by atoms with Gasteiger partial charge in [-0.1, -0.05) is 25.1 Å². The Hall–Kier alpha value is -1.02. The summed E-state index contributed by atoms with van der Waals surface area (Å²) < 4.78 is 0. The summed E-state index contributed by atoms with van der Waals surface area (Å²) in [6.07, 6.45) is 5.20. The van der Waals surface area contributed by atoms with Crippen molar-refractivity contribution in [2.75, 3.05) is 24.5 Å². The molecule has 2 aliphatic heterocycles. The maximum atomic E-state index is 3.58. The number of fused-ring (bicyclic) bond motifs is 1. The minimum Gasteiger partial charge on any atom is -0.368 e. The third kappa shape index (κ3) is 2.64. The molecule has 19 heavy (non-hydrogen) atoms. The zero-order valence-electron chi connectivity index (χ0n) is 12.3. The number of piperidine rings is 1. The maximum absolute atomic E-state index is 3.58. The summed E-state index contributed by atoms with van der Waals surface area (Å²) in [5.74, 6) is 0. The number of nitrogens with one attached hydrogen (secondary N) is 1. The van der Waals surface area contributed by atoms with Crippen LogP contribution in [0.15, 0.2) is 24.3 Å². The second-order valence-electron chi connectivity index (χ2n) is 6.74. The van der Waals surface area contributed by atoms with Crippen molar-refractivity contribution in [1.29, 1.82) is 0 Å². The van der Waals surface area contributed by atoms with Crippen LogP contribution < -0.4 is 10.2 Å². The summed E-state index contributed by atoms with van der Waals surface area (Å²) in [4.78, 5) is 2.66. The van der Waals surface area contributed by atoms with E-state index in [1.165, 1.54) is 56.6 Å². The lowest BCUT2D eigenvalue weighted by molar-refractivity contribution is 0.233. The second kappa shape index (κ2) is 5.16. The van der Waals surface area contributed by atoms with E-state index in [1.807, 2.05) is 0 Å². The SMILES string of the molecule is CC1CCc2ccccc2N1CC1(C)CCCNC1. The third-order valence-electron chi connectivity index (χ3n) is 4.90. The quantitative estimate of drug-likeness (QED) is 0.876. The summed E-state index contributed by atoms with van der Waals surface area (Å²) >= 11 is 0. The Kier molecular flexibility index (Phi) is 3.53. The van der Waals surface area contributed by atoms with Crippen molar-refractivity contribution in [3.8, 4) is 0 Å². The number of hydrogen-bond acceptors (Lipinski definition) is 2. The normalized spacial score (nSPS) is 31.1. The van der Waals surface area contributed by atoms with Gasteiger partial charge in [-0.25, -0.2) is 0 Å². The Morgan fingerprint density at radius 1 is 1.37 bits per heavy atom. The number of hydrogen-bond donors (Lipinski definition) is 1. The molecule has 2 aliphatic rings. The molecule has 0 spiro atoms. The summed E-state index contributed by atoms with van der Waals surface area (Å²) in [5, 5.41) is 3.58. The number of para-hydroxylation sites is 1. The van der Waals surface area contributed by atoms with Gasteiger partial charge in [-0.2, -0.15) is 0 Å². The highest BCUT2D eigenvalue weighted by atomic mass is 15.2. The van der Waals surface area contributed by atoms with Gasteiger partial charge in [0.1, 0.15) is 0 Å². The van der Waals surface area contributed by atoms with Crippen molar-refractivity contribution >= 4 is 5.69 Å². The number of rotatable bonds is 2. The molecule has 0 saturated carbocycles. The second-order valence-corrected chi connectivity index (χ2v) is 6.74. The zero-order valence-corrected chi connectivity index (χ0v) is 12.3. The predicted molar refractivity (Wildman–Crippen MR) is 81.8 cm³/mol. The Labute approximate surface area is 117 Å². The average Bonchev–Trinajstić information content (AvgIpc) is 2.43. The monoisotopic (exact) mass is 258 g/mol. The summed E-state index contributed by atoms with van der Waals surface area (Å²) in [6, 6.07) is 9.65. The Balaban J connectivity index is 1.83. The molecule has 0 radical (unpaired) electrons. The lowest BCUT2D eigenvalue weighted by atomic mass is 9.81. The maximum Gasteiger partial charge on any atom is 0.0401 e. The molecule has 2 atom stereocenters. The van der Waals surface area contributed by atoms with Crippen LogP contribution >= 0.6 is 0 Å². The van der Waals surface area contributed by atoms with Crippen molar-refractivity contribution in [3.05, 3.63) is 29.8 Å². The topological polar surface area (TPSA) is 15.3 Å². The molecule has 0 bridgehead atoms. The fourth-order valence-corrected chi connectivity index (χ4v) is 3.67. The van der Waals surface area contributed by atoms with E-state index in [-0.39, 0.29) is 0 Å². The highest BCUT2D eigenvalue weighted by molar-refractivity contribution is 5.56. The molecule has 1 N–H and O–H groups in total. The Morgan fingerprint density at radius 2 is 2.21 bits per heavy atom. The lowest BCUT2D eigenvalue weighted by Gasteiger charge is -2.44. The van der Waals surface area contributed by atoms with Gasteiger partial charge < -0.3 is 10.2 Å². The minimum absolute atomic E-state index is 0.428. The zero-order chi connectivity index (χ0) is 13.3. The molecular formula is C17H26N2. The molecule has 0 amide bonds. The van der Waals surface area contributed by atoms with Crippen LogP contribution in [-0.2, 0) is 6.42 Å². The van der Waals surface area contributed by atoms with Gasteiger partial charge in [0.15, 0.2) is 0 Å². The minimum atomic E-state index is 0.428. The van der Waals surface area contributed by atoms with E-state index in [1.54, 1.807) is 0 Å². The van der Waals surface area contributed by atoms with Gasteiger partial charge >= 0.3 is 0 Å². The predicted octanol–water partition coefficient (Wildman–Crippen LogP) is 3.22. The van der Waals surface area contributed by atoms with Crippen LogP contribution in [0, 0.1) is 5.41 Å². The number of anilines is 1. The van der Waals surface area contributed by atoms with Gasteiger partial charge in [0.25, 0.3) is 0 Å². The lowest BCUT2D eigenvalue weighted by Crippen LogP contribution is -2.49. The summed E-state index contributed by atoms with van der Waals surface area (Å²) in [5.41, 5.74) is 3.44. The largest absolute Gasteiger partial charge is 0.368 e. The summed E-state index contributed by atoms with van der Waals surface area (Å²) in [6.45, 7) is 8.39. The van der Waals surface area contributed by atoms with Gasteiger partial charge in [0.05, 0.1) is 0 Å². The van der Waals surface area contributed by atoms with Crippen LogP contribution in [-0.4, -0.2) is 25.7 Å². The molecular weight excluding hydrogens is 232 g/mol. The molecule has 1 saturated heterocycles. The van der Waals surface area contributed by atoms with Gasteiger partial charge in [0.2, 0.25) is 0 Å². The molecule has 104 valence electrons. The number of aryl methyl sites for hydroxylation is 1. The Bertz CT molecular complexity index is 435. The van der Waals surface area contributed by atoms with E-state index in [2.05, 4.69) is 48.3 Å². The molecule has 2 unspecified atom stereocenters. The number of benzene rings is 1. The smallest absolute Gasteiger partial charge is 0.0401 e. The van der Waals surface area contributed by atoms with Crippen molar-refractivity contribution in [2.24, 2.45) is 5.41 Å². The van der Waals surface area contributed by atoms with Crippen LogP contribution in [0.1, 0.15) is 38.7 Å². The first-order valence-electron chi connectivity index (χ1n) is 7.73. The molecule has 2 heterocycles. The standard InChI is InChI=1S/C17H26N2/c1-14-8-9-15-6-3-4-7-16(15)19(14)13-17(2)10-5-11-18-12-17/h3-4,6-7,14,18H,5,8-13H2,1-2H3. The van der Waals surface area contributed by atoms with Gasteiger partial charge in [-0.3, -0.25) is 0 Å². The fraction of sp³-hybridized carbons (Fsp3) is 0.647. The van der Waals surface area contributed by atoms with E-state index in [4.69, 9.17) is 0 Å². The average molecular weight is 258 g/mol.